The number of aliphatic imine (C=N–C) groups is 1. The Morgan fingerprint density at radius 2 is 2.19 bits per heavy atom. The fourth-order valence-corrected chi connectivity index (χ4v) is 1.84. The van der Waals surface area contributed by atoms with Gasteiger partial charge in [0, 0.05) is 0 Å². The van der Waals surface area contributed by atoms with Crippen molar-refractivity contribution < 1.29 is 13.9 Å². The van der Waals surface area contributed by atoms with E-state index in [9.17, 15) is 4.79 Å². The summed E-state index contributed by atoms with van der Waals surface area (Å²) in [4.78, 5) is 14.2. The van der Waals surface area contributed by atoms with E-state index < -0.39 is 6.10 Å². The summed E-state index contributed by atoms with van der Waals surface area (Å²) in [7, 11) is 0. The molecule has 0 radical (unpaired) electrons. The van der Waals surface area contributed by atoms with Gasteiger partial charge in [-0.15, -0.1) is 28.6 Å². The Hall–Kier alpha value is -1.02. The van der Waals surface area contributed by atoms with Crippen LogP contribution in [0.2, 0.25) is 0 Å². The van der Waals surface area contributed by atoms with Crippen molar-refractivity contribution in [3.63, 3.8) is 0 Å². The maximum atomic E-state index is 10.1. The molecule has 6 nitrogen and oxygen atoms in total. The predicted molar refractivity (Wildman–Crippen MR) is 64.0 cm³/mol. The predicted octanol–water partition coefficient (Wildman–Crippen LogP) is 2.02. The molecule has 1 rings (SSSR count). The quantitative estimate of drug-likeness (QED) is 0.466. The Balaban J connectivity index is 2.78. The summed E-state index contributed by atoms with van der Waals surface area (Å²) < 4.78 is 10.7. The molecule has 0 fully saturated rings. The minimum atomic E-state index is -0.555. The smallest absolute Gasteiger partial charge is 0.344 e. The molecule has 0 N–H and O–H groups in total. The lowest BCUT2D eigenvalue weighted by atomic mass is 10.4. The fourth-order valence-electron chi connectivity index (χ4n) is 0.830. The molecular weight excluding hydrogens is 250 g/mol. The Labute approximate surface area is 101 Å². The average Bonchev–Trinajstić information content (AvgIpc) is 2.74. The normalized spacial score (nSPS) is 11.9. The molecule has 0 bridgehead atoms. The van der Waals surface area contributed by atoms with E-state index in [2.05, 4.69) is 19.9 Å². The average molecular weight is 261 g/mol. The number of hydrogen-bond acceptors (Lipinski definition) is 8. The summed E-state index contributed by atoms with van der Waals surface area (Å²) >= 11 is 2.98. The van der Waals surface area contributed by atoms with E-state index in [1.807, 2.05) is 12.5 Å². The van der Waals surface area contributed by atoms with Gasteiger partial charge in [-0.25, -0.2) is 0 Å². The third kappa shape index (κ3) is 3.53. The van der Waals surface area contributed by atoms with E-state index in [0.717, 1.165) is 4.38 Å². The van der Waals surface area contributed by atoms with Gasteiger partial charge in [-0.05, 0) is 19.4 Å². The largest absolute Gasteiger partial charge is 0.455 e. The highest BCUT2D eigenvalue weighted by Crippen LogP contribution is 2.21. The van der Waals surface area contributed by atoms with Gasteiger partial charge in [0.15, 0.2) is 6.10 Å². The summed E-state index contributed by atoms with van der Waals surface area (Å²) in [5.74, 6) is 0.229. The molecule has 0 aliphatic heterocycles. The first-order valence-corrected chi connectivity index (χ1v) is 6.75. The number of thioether (sulfide) groups is 2. The number of carbonyl (C=O) groups excluding carboxylic acids is 1. The van der Waals surface area contributed by atoms with Gasteiger partial charge in [0.25, 0.3) is 12.4 Å². The Morgan fingerprint density at radius 1 is 1.50 bits per heavy atom. The maximum Gasteiger partial charge on any atom is 0.344 e. The molecule has 1 atom stereocenters. The summed E-state index contributed by atoms with van der Waals surface area (Å²) in [6.07, 6.45) is 3.26. The second-order valence-electron chi connectivity index (χ2n) is 2.58. The molecular formula is C8H11N3O3S2. The third-order valence-electron chi connectivity index (χ3n) is 1.57. The number of hydrogen-bond donors (Lipinski definition) is 0. The molecule has 8 heteroatoms. The van der Waals surface area contributed by atoms with Crippen LogP contribution in [0.3, 0.4) is 0 Å². The SMILES string of the molecule is CSC(=Nc1nnc(C(C)OC=O)o1)SC. The van der Waals surface area contributed by atoms with E-state index in [4.69, 9.17) is 4.42 Å². The van der Waals surface area contributed by atoms with E-state index in [1.54, 1.807) is 6.92 Å². The highest BCUT2D eigenvalue weighted by Gasteiger charge is 2.14. The molecule has 0 aromatic carbocycles. The van der Waals surface area contributed by atoms with Crippen LogP contribution in [0.4, 0.5) is 6.01 Å². The molecule has 0 saturated heterocycles. The summed E-state index contributed by atoms with van der Waals surface area (Å²) in [5.41, 5.74) is 0. The second-order valence-corrected chi connectivity index (χ2v) is 4.43. The molecule has 1 unspecified atom stereocenters. The highest BCUT2D eigenvalue weighted by molar-refractivity contribution is 8.38. The molecule has 1 aromatic heterocycles. The lowest BCUT2D eigenvalue weighted by Crippen LogP contribution is -1.97. The van der Waals surface area contributed by atoms with Crippen molar-refractivity contribution in [2.24, 2.45) is 4.99 Å². The molecule has 88 valence electrons. The molecule has 0 aliphatic rings. The molecule has 16 heavy (non-hydrogen) atoms. The molecule has 1 aromatic rings. The zero-order chi connectivity index (χ0) is 12.0. The van der Waals surface area contributed by atoms with E-state index in [-0.39, 0.29) is 11.9 Å². The zero-order valence-corrected chi connectivity index (χ0v) is 10.7. The minimum absolute atomic E-state index is 0.162. The van der Waals surface area contributed by atoms with Gasteiger partial charge in [-0.3, -0.25) is 4.79 Å². The van der Waals surface area contributed by atoms with Gasteiger partial charge in [-0.1, -0.05) is 5.10 Å². The van der Waals surface area contributed by atoms with Crippen molar-refractivity contribution in [2.45, 2.75) is 13.0 Å². The van der Waals surface area contributed by atoms with Crippen LogP contribution in [0.15, 0.2) is 9.41 Å². The molecule has 1 heterocycles. The van der Waals surface area contributed by atoms with Gasteiger partial charge in [0.05, 0.1) is 0 Å². The lowest BCUT2D eigenvalue weighted by Gasteiger charge is -2.01. The van der Waals surface area contributed by atoms with Crippen LogP contribution in [0.25, 0.3) is 0 Å². The summed E-state index contributed by atoms with van der Waals surface area (Å²) in [6.45, 7) is 1.98. The second kappa shape index (κ2) is 6.54. The monoisotopic (exact) mass is 261 g/mol. The van der Waals surface area contributed by atoms with Crippen molar-refractivity contribution in [2.75, 3.05) is 12.5 Å². The molecule has 0 saturated carbocycles. The van der Waals surface area contributed by atoms with Gasteiger partial charge in [-0.2, -0.15) is 4.99 Å². The van der Waals surface area contributed by atoms with Crippen molar-refractivity contribution in [1.82, 2.24) is 10.2 Å². The topological polar surface area (TPSA) is 77.6 Å². The number of aromatic nitrogens is 2. The number of ether oxygens (including phenoxy) is 1. The van der Waals surface area contributed by atoms with Crippen molar-refractivity contribution in [1.29, 1.82) is 0 Å². The Morgan fingerprint density at radius 3 is 2.75 bits per heavy atom. The van der Waals surface area contributed by atoms with Gasteiger partial charge < -0.3 is 9.15 Å². The first-order chi connectivity index (χ1) is 7.71. The van der Waals surface area contributed by atoms with Crippen molar-refractivity contribution in [3.8, 4) is 0 Å². The number of nitrogens with zero attached hydrogens (tertiary/aromatic N) is 3. The zero-order valence-electron chi connectivity index (χ0n) is 9.04. The lowest BCUT2D eigenvalue weighted by molar-refractivity contribution is -0.134. The van der Waals surface area contributed by atoms with Gasteiger partial charge in [0.1, 0.15) is 4.38 Å². The number of rotatable bonds is 4. The van der Waals surface area contributed by atoms with Crippen molar-refractivity contribution in [3.05, 3.63) is 5.89 Å². The van der Waals surface area contributed by atoms with E-state index >= 15 is 0 Å². The standard InChI is InChI=1S/C8H11N3O3S2/c1-5(13-4-12)6-10-11-7(14-6)9-8(15-2)16-3/h4-5H,1-3H3. The molecule has 0 amide bonds. The van der Waals surface area contributed by atoms with Gasteiger partial charge in [0.2, 0.25) is 0 Å². The maximum absolute atomic E-state index is 10.1. The van der Waals surface area contributed by atoms with Crippen molar-refractivity contribution >= 4 is 40.4 Å². The third-order valence-corrected chi connectivity index (χ3v) is 3.45. The summed E-state index contributed by atoms with van der Waals surface area (Å²) in [6, 6.07) is 0.162. The molecule has 0 spiro atoms. The van der Waals surface area contributed by atoms with Crippen LogP contribution in [0, 0.1) is 0 Å². The number of carbonyl (C=O) groups is 1. The Kier molecular flexibility index (Phi) is 5.33. The highest BCUT2D eigenvalue weighted by atomic mass is 32.2. The molecule has 0 aliphatic carbocycles. The van der Waals surface area contributed by atoms with Crippen LogP contribution in [-0.4, -0.2) is 33.6 Å². The van der Waals surface area contributed by atoms with Crippen LogP contribution in [0.5, 0.6) is 0 Å². The van der Waals surface area contributed by atoms with Gasteiger partial charge >= 0.3 is 6.01 Å². The summed E-state index contributed by atoms with van der Waals surface area (Å²) in [5, 5.41) is 7.46. The first-order valence-electron chi connectivity index (χ1n) is 4.30. The van der Waals surface area contributed by atoms with Crippen LogP contribution in [-0.2, 0) is 9.53 Å². The fraction of sp³-hybridized carbons (Fsp3) is 0.500. The van der Waals surface area contributed by atoms with Crippen LogP contribution >= 0.6 is 23.5 Å². The van der Waals surface area contributed by atoms with E-state index in [0.29, 0.717) is 6.47 Å². The van der Waals surface area contributed by atoms with E-state index in [1.165, 1.54) is 23.5 Å². The minimum Gasteiger partial charge on any atom is -0.455 e. The van der Waals surface area contributed by atoms with Crippen LogP contribution in [0.1, 0.15) is 18.9 Å². The first kappa shape index (κ1) is 13.0. The van der Waals surface area contributed by atoms with Crippen LogP contribution < -0.4 is 0 Å². The Bertz CT molecular complexity index is 374.